The second kappa shape index (κ2) is 6.55. The maximum atomic E-state index is 8.67. The van der Waals surface area contributed by atoms with Gasteiger partial charge in [-0.1, -0.05) is 0 Å². The maximum Gasteiger partial charge on any atom is 0.186 e. The van der Waals surface area contributed by atoms with Crippen LogP contribution in [0.25, 0.3) is 11.0 Å². The summed E-state index contributed by atoms with van der Waals surface area (Å²) >= 11 is 1.82. The number of aromatic nitrogens is 4. The first-order chi connectivity index (χ1) is 8.81. The quantitative estimate of drug-likeness (QED) is 0.726. The van der Waals surface area contributed by atoms with Gasteiger partial charge < -0.3 is 10.4 Å². The van der Waals surface area contributed by atoms with Gasteiger partial charge >= 0.3 is 0 Å². The highest BCUT2D eigenvalue weighted by atomic mass is 32.2. The first-order valence-electron chi connectivity index (χ1n) is 5.88. The average Bonchev–Trinajstić information content (AvgIpc) is 2.74. The number of thioether (sulfide) groups is 1. The summed E-state index contributed by atoms with van der Waals surface area (Å²) in [6, 6.07) is 0. The van der Waals surface area contributed by atoms with E-state index in [1.54, 1.807) is 4.68 Å². The van der Waals surface area contributed by atoms with Crippen LogP contribution in [0.5, 0.6) is 0 Å². The molecule has 0 atom stereocenters. The van der Waals surface area contributed by atoms with E-state index in [4.69, 9.17) is 5.11 Å². The SMILES string of the molecule is Cn1cc2c(NCCSCCCO)ncnc2n1. The predicted octanol–water partition coefficient (Wildman–Crippen LogP) is 0.891. The van der Waals surface area contributed by atoms with Crippen molar-refractivity contribution in [3.05, 3.63) is 12.5 Å². The van der Waals surface area contributed by atoms with Gasteiger partial charge in [0.1, 0.15) is 12.1 Å². The van der Waals surface area contributed by atoms with Gasteiger partial charge in [0.15, 0.2) is 5.65 Å². The molecule has 2 aromatic heterocycles. The second-order valence-corrected chi connectivity index (χ2v) is 5.10. The zero-order chi connectivity index (χ0) is 12.8. The fourth-order valence-electron chi connectivity index (χ4n) is 1.60. The molecule has 2 heterocycles. The third-order valence-corrected chi connectivity index (χ3v) is 3.49. The lowest BCUT2D eigenvalue weighted by Crippen LogP contribution is -2.06. The molecule has 0 spiro atoms. The number of aliphatic hydroxyl groups is 1. The van der Waals surface area contributed by atoms with Crippen molar-refractivity contribution >= 4 is 28.6 Å². The van der Waals surface area contributed by atoms with Gasteiger partial charge in [0.25, 0.3) is 0 Å². The molecule has 18 heavy (non-hydrogen) atoms. The first-order valence-corrected chi connectivity index (χ1v) is 7.03. The predicted molar refractivity (Wildman–Crippen MR) is 73.8 cm³/mol. The molecule has 2 rings (SSSR count). The van der Waals surface area contributed by atoms with Gasteiger partial charge in [0.05, 0.1) is 5.39 Å². The van der Waals surface area contributed by atoms with E-state index in [0.29, 0.717) is 5.65 Å². The van der Waals surface area contributed by atoms with E-state index in [0.717, 1.165) is 35.7 Å². The number of nitrogens with one attached hydrogen (secondary N) is 1. The minimum atomic E-state index is 0.267. The van der Waals surface area contributed by atoms with Crippen LogP contribution >= 0.6 is 11.8 Å². The van der Waals surface area contributed by atoms with Crippen LogP contribution in [0.2, 0.25) is 0 Å². The molecular weight excluding hydrogens is 250 g/mol. The molecule has 0 aliphatic rings. The van der Waals surface area contributed by atoms with Crippen molar-refractivity contribution in [2.24, 2.45) is 7.05 Å². The van der Waals surface area contributed by atoms with E-state index in [-0.39, 0.29) is 6.61 Å². The van der Waals surface area contributed by atoms with E-state index in [9.17, 15) is 0 Å². The standard InChI is InChI=1S/C11H17N5OS/c1-16-7-9-10(13-8-14-11(9)15-16)12-3-6-18-5-2-4-17/h7-8,17H,2-6H2,1H3,(H,12,13,14,15). The van der Waals surface area contributed by atoms with Gasteiger partial charge in [-0.25, -0.2) is 9.97 Å². The number of anilines is 1. The minimum absolute atomic E-state index is 0.267. The summed E-state index contributed by atoms with van der Waals surface area (Å²) in [5.74, 6) is 2.81. The zero-order valence-corrected chi connectivity index (χ0v) is 11.2. The van der Waals surface area contributed by atoms with Crippen molar-refractivity contribution in [3.8, 4) is 0 Å². The Balaban J connectivity index is 1.87. The van der Waals surface area contributed by atoms with Crippen LogP contribution in [0.3, 0.4) is 0 Å². The molecule has 0 aliphatic heterocycles. The van der Waals surface area contributed by atoms with Gasteiger partial charge in [-0.2, -0.15) is 16.9 Å². The third kappa shape index (κ3) is 3.33. The highest BCUT2D eigenvalue weighted by Gasteiger charge is 2.05. The molecule has 0 radical (unpaired) electrons. The molecule has 0 amide bonds. The summed E-state index contributed by atoms with van der Waals surface area (Å²) in [7, 11) is 1.87. The Morgan fingerprint density at radius 3 is 3.11 bits per heavy atom. The van der Waals surface area contributed by atoms with Gasteiger partial charge in [-0.15, -0.1) is 0 Å². The second-order valence-electron chi connectivity index (χ2n) is 3.88. The molecule has 0 fully saturated rings. The largest absolute Gasteiger partial charge is 0.396 e. The van der Waals surface area contributed by atoms with E-state index >= 15 is 0 Å². The monoisotopic (exact) mass is 267 g/mol. The normalized spacial score (nSPS) is 11.0. The smallest absolute Gasteiger partial charge is 0.186 e. The summed E-state index contributed by atoms with van der Waals surface area (Å²) < 4.78 is 1.74. The molecule has 2 aromatic rings. The van der Waals surface area contributed by atoms with E-state index < -0.39 is 0 Å². The van der Waals surface area contributed by atoms with E-state index in [1.807, 2.05) is 25.0 Å². The van der Waals surface area contributed by atoms with Gasteiger partial charge in [-0.05, 0) is 12.2 Å². The number of rotatable bonds is 7. The summed E-state index contributed by atoms with van der Waals surface area (Å²) in [6.45, 7) is 1.11. The molecule has 98 valence electrons. The van der Waals surface area contributed by atoms with Crippen molar-refractivity contribution < 1.29 is 5.11 Å². The molecular formula is C11H17N5OS. The van der Waals surface area contributed by atoms with E-state index in [2.05, 4.69) is 20.4 Å². The van der Waals surface area contributed by atoms with Crippen LogP contribution < -0.4 is 5.32 Å². The summed E-state index contributed by atoms with van der Waals surface area (Å²) in [4.78, 5) is 8.34. The maximum absolute atomic E-state index is 8.67. The van der Waals surface area contributed by atoms with Gasteiger partial charge in [-0.3, -0.25) is 4.68 Å². The van der Waals surface area contributed by atoms with E-state index in [1.165, 1.54) is 6.33 Å². The number of hydrogen-bond acceptors (Lipinski definition) is 6. The van der Waals surface area contributed by atoms with Crippen LogP contribution in [0, 0.1) is 0 Å². The fourth-order valence-corrected chi connectivity index (χ4v) is 2.38. The Labute approximate surface area is 110 Å². The lowest BCUT2D eigenvalue weighted by Gasteiger charge is -2.05. The average molecular weight is 267 g/mol. The van der Waals surface area contributed by atoms with Crippen LogP contribution in [0.1, 0.15) is 6.42 Å². The highest BCUT2D eigenvalue weighted by Crippen LogP contribution is 2.17. The number of hydrogen-bond donors (Lipinski definition) is 2. The first kappa shape index (κ1) is 13.1. The number of aliphatic hydroxyl groups excluding tert-OH is 1. The lowest BCUT2D eigenvalue weighted by molar-refractivity contribution is 0.296. The summed E-state index contributed by atoms with van der Waals surface area (Å²) in [5.41, 5.74) is 0.711. The molecule has 0 saturated heterocycles. The summed E-state index contributed by atoms with van der Waals surface area (Å²) in [5, 5.41) is 17.1. The zero-order valence-electron chi connectivity index (χ0n) is 10.3. The van der Waals surface area contributed by atoms with Crippen LogP contribution in [0.4, 0.5) is 5.82 Å². The Morgan fingerprint density at radius 1 is 1.39 bits per heavy atom. The lowest BCUT2D eigenvalue weighted by atomic mass is 10.4. The Bertz CT molecular complexity index is 501. The fraction of sp³-hybridized carbons (Fsp3) is 0.545. The number of nitrogens with zero attached hydrogens (tertiary/aromatic N) is 4. The van der Waals surface area contributed by atoms with Crippen molar-refractivity contribution in [1.82, 2.24) is 19.7 Å². The molecule has 0 bridgehead atoms. The van der Waals surface area contributed by atoms with Crippen molar-refractivity contribution in [2.75, 3.05) is 30.0 Å². The molecule has 7 heteroatoms. The molecule has 6 nitrogen and oxygen atoms in total. The van der Waals surface area contributed by atoms with Crippen LogP contribution in [-0.2, 0) is 7.05 Å². The Kier molecular flexibility index (Phi) is 4.77. The molecule has 2 N–H and O–H groups in total. The molecule has 0 aliphatic carbocycles. The van der Waals surface area contributed by atoms with Crippen molar-refractivity contribution in [2.45, 2.75) is 6.42 Å². The minimum Gasteiger partial charge on any atom is -0.396 e. The van der Waals surface area contributed by atoms with Crippen LogP contribution in [-0.4, -0.2) is 49.5 Å². The van der Waals surface area contributed by atoms with Crippen LogP contribution in [0.15, 0.2) is 12.5 Å². The van der Waals surface area contributed by atoms with Crippen molar-refractivity contribution in [3.63, 3.8) is 0 Å². The number of aryl methyl sites for hydroxylation is 1. The third-order valence-electron chi connectivity index (χ3n) is 2.42. The van der Waals surface area contributed by atoms with Gasteiger partial charge in [0.2, 0.25) is 0 Å². The topological polar surface area (TPSA) is 75.9 Å². The Hall–Kier alpha value is -1.34. The molecule has 0 aromatic carbocycles. The van der Waals surface area contributed by atoms with Gasteiger partial charge in [0, 0.05) is 32.1 Å². The Morgan fingerprint density at radius 2 is 2.28 bits per heavy atom. The highest BCUT2D eigenvalue weighted by molar-refractivity contribution is 7.99. The number of fused-ring (bicyclic) bond motifs is 1. The molecule has 0 saturated carbocycles. The molecule has 0 unspecified atom stereocenters. The van der Waals surface area contributed by atoms with Crippen molar-refractivity contribution in [1.29, 1.82) is 0 Å². The summed E-state index contributed by atoms with van der Waals surface area (Å²) in [6.07, 6.45) is 4.29.